The average Bonchev–Trinajstić information content (AvgIpc) is 2.47. The second-order valence-corrected chi connectivity index (χ2v) is 5.92. The Bertz CT molecular complexity index is 491. The highest BCUT2D eigenvalue weighted by Crippen LogP contribution is 2.20. The van der Waals surface area contributed by atoms with Crippen LogP contribution >= 0.6 is 0 Å². The summed E-state index contributed by atoms with van der Waals surface area (Å²) in [5.74, 6) is 1.10. The first-order valence-corrected chi connectivity index (χ1v) is 7.91. The van der Waals surface area contributed by atoms with E-state index in [1.807, 2.05) is 6.92 Å². The zero-order chi connectivity index (χ0) is 15.7. The summed E-state index contributed by atoms with van der Waals surface area (Å²) in [5, 5.41) is 9.25. The number of allylic oxidation sites excluding steroid dienone is 2. The zero-order valence-electron chi connectivity index (χ0n) is 13.8. The van der Waals surface area contributed by atoms with Crippen LogP contribution in [0.4, 0.5) is 0 Å². The molecule has 2 nitrogen and oxygen atoms in total. The first-order chi connectivity index (χ1) is 10.1. The summed E-state index contributed by atoms with van der Waals surface area (Å²) in [6, 6.07) is 10.6. The number of nitrogens with zero attached hydrogens (tertiary/aromatic N) is 1. The molecule has 0 aliphatic carbocycles. The van der Waals surface area contributed by atoms with Crippen LogP contribution in [-0.2, 0) is 11.2 Å². The van der Waals surface area contributed by atoms with Crippen molar-refractivity contribution in [3.63, 3.8) is 0 Å². The molecule has 0 unspecified atom stereocenters. The van der Waals surface area contributed by atoms with E-state index in [0.717, 1.165) is 36.8 Å². The van der Waals surface area contributed by atoms with Crippen LogP contribution in [0.2, 0.25) is 0 Å². The van der Waals surface area contributed by atoms with Crippen molar-refractivity contribution in [1.82, 2.24) is 0 Å². The molecule has 0 spiro atoms. The van der Waals surface area contributed by atoms with Crippen molar-refractivity contribution in [1.29, 1.82) is 5.26 Å². The van der Waals surface area contributed by atoms with Gasteiger partial charge in [0.15, 0.2) is 0 Å². The van der Waals surface area contributed by atoms with Crippen LogP contribution in [-0.4, -0.2) is 6.61 Å². The Kier molecular flexibility index (Phi) is 7.61. The number of nitriles is 1. The summed E-state index contributed by atoms with van der Waals surface area (Å²) in [6.45, 7) is 9.17. The molecular formula is C19H27NO. The Labute approximate surface area is 129 Å². The van der Waals surface area contributed by atoms with Gasteiger partial charge < -0.3 is 4.74 Å². The maximum Gasteiger partial charge on any atom is 0.200 e. The zero-order valence-corrected chi connectivity index (χ0v) is 13.8. The first-order valence-electron chi connectivity index (χ1n) is 7.91. The van der Waals surface area contributed by atoms with Gasteiger partial charge in [-0.3, -0.25) is 0 Å². The number of ether oxygens (including phenoxy) is 1. The summed E-state index contributed by atoms with van der Waals surface area (Å²) in [4.78, 5) is 0. The molecule has 114 valence electrons. The molecule has 1 rings (SSSR count). The summed E-state index contributed by atoms with van der Waals surface area (Å²) in [6.07, 6.45) is 4.39. The van der Waals surface area contributed by atoms with Crippen LogP contribution in [0.25, 0.3) is 5.57 Å². The number of hydrogen-bond acceptors (Lipinski definition) is 2. The number of hydrogen-bond donors (Lipinski definition) is 0. The van der Waals surface area contributed by atoms with Gasteiger partial charge >= 0.3 is 0 Å². The van der Waals surface area contributed by atoms with E-state index in [9.17, 15) is 5.26 Å². The van der Waals surface area contributed by atoms with Gasteiger partial charge in [0.05, 0.1) is 6.61 Å². The SMILES string of the molecule is CCCCCO/C(C#N)=C(/C)c1ccc(CC(C)C)cc1. The molecule has 21 heavy (non-hydrogen) atoms. The van der Waals surface area contributed by atoms with Crippen molar-refractivity contribution >= 4 is 5.57 Å². The van der Waals surface area contributed by atoms with Crippen LogP contribution in [0, 0.1) is 17.2 Å². The first kappa shape index (κ1) is 17.3. The molecule has 0 amide bonds. The monoisotopic (exact) mass is 285 g/mol. The van der Waals surface area contributed by atoms with E-state index in [-0.39, 0.29) is 0 Å². The minimum atomic E-state index is 0.447. The van der Waals surface area contributed by atoms with E-state index in [4.69, 9.17) is 4.74 Å². The van der Waals surface area contributed by atoms with Gasteiger partial charge in [-0.15, -0.1) is 0 Å². The van der Waals surface area contributed by atoms with E-state index < -0.39 is 0 Å². The Morgan fingerprint density at radius 2 is 1.86 bits per heavy atom. The van der Waals surface area contributed by atoms with Crippen LogP contribution in [0.5, 0.6) is 0 Å². The minimum absolute atomic E-state index is 0.447. The molecule has 2 heteroatoms. The van der Waals surface area contributed by atoms with Gasteiger partial charge in [-0.25, -0.2) is 0 Å². The van der Waals surface area contributed by atoms with Gasteiger partial charge in [-0.2, -0.15) is 5.26 Å². The number of unbranched alkanes of at least 4 members (excludes halogenated alkanes) is 2. The van der Waals surface area contributed by atoms with Gasteiger partial charge in [0.2, 0.25) is 5.76 Å². The maximum absolute atomic E-state index is 9.25. The lowest BCUT2D eigenvalue weighted by molar-refractivity contribution is 0.221. The summed E-state index contributed by atoms with van der Waals surface area (Å²) < 4.78 is 5.62. The van der Waals surface area contributed by atoms with Crippen molar-refractivity contribution in [3.8, 4) is 6.07 Å². The van der Waals surface area contributed by atoms with Crippen molar-refractivity contribution in [2.45, 2.75) is 53.4 Å². The van der Waals surface area contributed by atoms with Gasteiger partial charge in [-0.1, -0.05) is 57.9 Å². The Morgan fingerprint density at radius 1 is 1.19 bits per heavy atom. The summed E-state index contributed by atoms with van der Waals surface area (Å²) in [5.41, 5.74) is 3.32. The Balaban J connectivity index is 2.76. The highest BCUT2D eigenvalue weighted by molar-refractivity contribution is 5.68. The van der Waals surface area contributed by atoms with E-state index in [1.165, 1.54) is 5.56 Å². The second-order valence-electron chi connectivity index (χ2n) is 5.92. The highest BCUT2D eigenvalue weighted by Gasteiger charge is 2.06. The third-order valence-corrected chi connectivity index (χ3v) is 3.47. The molecule has 0 aromatic heterocycles. The third kappa shape index (κ3) is 6.04. The van der Waals surface area contributed by atoms with Crippen LogP contribution in [0.1, 0.15) is 58.1 Å². The smallest absolute Gasteiger partial charge is 0.200 e. The summed E-state index contributed by atoms with van der Waals surface area (Å²) >= 11 is 0. The predicted molar refractivity (Wildman–Crippen MR) is 88.7 cm³/mol. The average molecular weight is 285 g/mol. The molecule has 0 aliphatic rings. The highest BCUT2D eigenvalue weighted by atomic mass is 16.5. The lowest BCUT2D eigenvalue weighted by atomic mass is 9.99. The number of rotatable bonds is 8. The molecule has 1 aromatic carbocycles. The lowest BCUT2D eigenvalue weighted by Crippen LogP contribution is -1.97. The molecular weight excluding hydrogens is 258 g/mol. The molecule has 0 atom stereocenters. The molecule has 0 aliphatic heterocycles. The van der Waals surface area contributed by atoms with Crippen molar-refractivity contribution in [2.24, 2.45) is 5.92 Å². The quantitative estimate of drug-likeness (QED) is 0.366. The molecule has 0 heterocycles. The molecule has 0 saturated carbocycles. The van der Waals surface area contributed by atoms with E-state index in [2.05, 4.69) is 51.1 Å². The predicted octanol–water partition coefficient (Wildman–Crippen LogP) is 5.35. The van der Waals surface area contributed by atoms with Gasteiger partial charge in [0.1, 0.15) is 6.07 Å². The third-order valence-electron chi connectivity index (χ3n) is 3.47. The Morgan fingerprint density at radius 3 is 2.38 bits per heavy atom. The normalized spacial score (nSPS) is 12.0. The molecule has 0 saturated heterocycles. The van der Waals surface area contributed by atoms with Crippen molar-refractivity contribution < 1.29 is 4.74 Å². The van der Waals surface area contributed by atoms with E-state index >= 15 is 0 Å². The van der Waals surface area contributed by atoms with Gasteiger partial charge in [0, 0.05) is 5.57 Å². The van der Waals surface area contributed by atoms with Crippen LogP contribution < -0.4 is 0 Å². The fraction of sp³-hybridized carbons (Fsp3) is 0.526. The Hall–Kier alpha value is -1.75. The maximum atomic E-state index is 9.25. The summed E-state index contributed by atoms with van der Waals surface area (Å²) in [7, 11) is 0. The minimum Gasteiger partial charge on any atom is -0.483 e. The molecule has 0 radical (unpaired) electrons. The van der Waals surface area contributed by atoms with Gasteiger partial charge in [-0.05, 0) is 36.8 Å². The van der Waals surface area contributed by atoms with E-state index in [1.54, 1.807) is 0 Å². The molecule has 1 aromatic rings. The second kappa shape index (κ2) is 9.23. The molecule has 0 fully saturated rings. The van der Waals surface area contributed by atoms with Gasteiger partial charge in [0.25, 0.3) is 0 Å². The number of benzene rings is 1. The largest absolute Gasteiger partial charge is 0.483 e. The topological polar surface area (TPSA) is 33.0 Å². The molecule has 0 bridgehead atoms. The standard InChI is InChI=1S/C19H27NO/c1-5-6-7-12-21-19(14-20)16(4)18-10-8-17(9-11-18)13-15(2)3/h8-11,15H,5-7,12-13H2,1-4H3/b19-16-. The fourth-order valence-corrected chi connectivity index (χ4v) is 2.24. The van der Waals surface area contributed by atoms with E-state index in [0.29, 0.717) is 18.3 Å². The van der Waals surface area contributed by atoms with Crippen LogP contribution in [0.15, 0.2) is 30.0 Å². The fourth-order valence-electron chi connectivity index (χ4n) is 2.24. The van der Waals surface area contributed by atoms with Crippen LogP contribution in [0.3, 0.4) is 0 Å². The molecule has 0 N–H and O–H groups in total. The van der Waals surface area contributed by atoms with Crippen molar-refractivity contribution in [2.75, 3.05) is 6.61 Å². The van der Waals surface area contributed by atoms with Crippen molar-refractivity contribution in [3.05, 3.63) is 41.2 Å². The lowest BCUT2D eigenvalue weighted by Gasteiger charge is -2.10.